The third kappa shape index (κ3) is 7.14. The first-order valence-corrected chi connectivity index (χ1v) is 14.3. The zero-order valence-corrected chi connectivity index (χ0v) is 19.6. The van der Waals surface area contributed by atoms with E-state index in [1.165, 1.54) is 0 Å². The summed E-state index contributed by atoms with van der Waals surface area (Å²) in [5.74, 6) is 0.261. The molecule has 3 heterocycles. The molecule has 1 aliphatic heterocycles. The summed E-state index contributed by atoms with van der Waals surface area (Å²) >= 11 is 0. The molecule has 0 spiro atoms. The molecule has 176 valence electrons. The Hall–Kier alpha value is -2.24. The molecule has 0 radical (unpaired) electrons. The summed E-state index contributed by atoms with van der Waals surface area (Å²) in [6.07, 6.45) is -1.63. The van der Waals surface area contributed by atoms with Gasteiger partial charge in [0.05, 0.1) is 18.2 Å². The van der Waals surface area contributed by atoms with E-state index in [0.717, 1.165) is 11.6 Å². The maximum atomic E-state index is 12.8. The first-order chi connectivity index (χ1) is 15.0. The first-order valence-electron chi connectivity index (χ1n) is 10.6. The molecule has 1 aliphatic rings. The summed E-state index contributed by atoms with van der Waals surface area (Å²) in [4.78, 5) is 18.3. The Morgan fingerprint density at radius 3 is 2.56 bits per heavy atom. The highest BCUT2D eigenvalue weighted by Crippen LogP contribution is 2.28. The molecular formula is C21H29F3N4O3Si. The summed E-state index contributed by atoms with van der Waals surface area (Å²) in [6, 6.07) is 6.44. The zero-order valence-electron chi connectivity index (χ0n) is 18.6. The predicted octanol–water partition coefficient (Wildman–Crippen LogP) is 4.33. The van der Waals surface area contributed by atoms with Crippen LogP contribution in [0, 0.1) is 0 Å². The van der Waals surface area contributed by atoms with Crippen LogP contribution in [-0.4, -0.2) is 60.8 Å². The van der Waals surface area contributed by atoms with Gasteiger partial charge in [-0.15, -0.1) is 0 Å². The van der Waals surface area contributed by atoms with Gasteiger partial charge in [0.15, 0.2) is 0 Å². The Bertz CT molecular complexity index is 900. The summed E-state index contributed by atoms with van der Waals surface area (Å²) in [6.45, 7) is 6.48. The van der Waals surface area contributed by atoms with Crippen molar-refractivity contribution in [3.05, 3.63) is 30.6 Å². The number of aromatic nitrogens is 3. The van der Waals surface area contributed by atoms with Gasteiger partial charge in [-0.2, -0.15) is 18.3 Å². The van der Waals surface area contributed by atoms with Gasteiger partial charge in [0.2, 0.25) is 5.91 Å². The number of carbonyl (C=O) groups is 1. The smallest absolute Gasteiger partial charge is 0.368 e. The number of rotatable bonds is 9. The number of piperidine rings is 1. The van der Waals surface area contributed by atoms with E-state index >= 15 is 0 Å². The number of hydrogen-bond donors (Lipinski definition) is 0. The fourth-order valence-corrected chi connectivity index (χ4v) is 4.07. The van der Waals surface area contributed by atoms with Gasteiger partial charge in [-0.3, -0.25) is 14.7 Å². The minimum Gasteiger partial charge on any atom is -0.368 e. The highest BCUT2D eigenvalue weighted by atomic mass is 28.3. The normalized spacial score (nSPS) is 17.8. The molecule has 1 unspecified atom stereocenters. The second kappa shape index (κ2) is 10.1. The molecule has 0 aromatic carbocycles. The third-order valence-corrected chi connectivity index (χ3v) is 6.79. The van der Waals surface area contributed by atoms with Crippen LogP contribution in [0.4, 0.5) is 19.0 Å². The maximum absolute atomic E-state index is 12.8. The van der Waals surface area contributed by atoms with Crippen molar-refractivity contribution in [3.63, 3.8) is 0 Å². The Labute approximate surface area is 186 Å². The molecular weight excluding hydrogens is 441 g/mol. The molecule has 2 aromatic heterocycles. The number of amides is 1. The van der Waals surface area contributed by atoms with E-state index < -0.39 is 27.0 Å². The van der Waals surface area contributed by atoms with Crippen LogP contribution in [0.2, 0.25) is 25.7 Å². The van der Waals surface area contributed by atoms with Crippen molar-refractivity contribution in [2.75, 3.05) is 24.7 Å². The largest absolute Gasteiger partial charge is 0.411 e. The minimum absolute atomic E-state index is 0.109. The minimum atomic E-state index is -4.41. The lowest BCUT2D eigenvalue weighted by Gasteiger charge is -2.31. The van der Waals surface area contributed by atoms with E-state index in [1.807, 2.05) is 12.1 Å². The predicted molar refractivity (Wildman–Crippen MR) is 117 cm³/mol. The lowest BCUT2D eigenvalue weighted by atomic mass is 10.1. The van der Waals surface area contributed by atoms with Gasteiger partial charge >= 0.3 is 6.18 Å². The quantitative estimate of drug-likeness (QED) is 0.403. The van der Waals surface area contributed by atoms with E-state index in [4.69, 9.17) is 9.47 Å². The Morgan fingerprint density at radius 2 is 1.94 bits per heavy atom. The van der Waals surface area contributed by atoms with Gasteiger partial charge < -0.3 is 9.47 Å². The number of anilines is 1. The van der Waals surface area contributed by atoms with Crippen molar-refractivity contribution in [2.45, 2.75) is 57.5 Å². The molecule has 1 amide bonds. The lowest BCUT2D eigenvalue weighted by Crippen LogP contribution is -2.43. The summed E-state index contributed by atoms with van der Waals surface area (Å²) in [5, 5.41) is 4.61. The van der Waals surface area contributed by atoms with Gasteiger partial charge in [0.25, 0.3) is 0 Å². The molecule has 11 heteroatoms. The average molecular weight is 471 g/mol. The number of alkyl halides is 3. The standard InChI is InChI=1S/C21H29F3N4O3Si/c1-32(2,3)11-10-30-15-28-19(13-18(26-28)16-4-7-25-8-5-16)27-9-6-17(12-20(27)29)31-14-21(22,23)24/h4-5,7-8,13,17H,6,9-12,14-15H2,1-3H3. The highest BCUT2D eigenvalue weighted by molar-refractivity contribution is 6.76. The van der Waals surface area contributed by atoms with Gasteiger partial charge in [0, 0.05) is 45.2 Å². The number of nitrogens with zero attached hydrogens (tertiary/aromatic N) is 4. The lowest BCUT2D eigenvalue weighted by molar-refractivity contribution is -0.187. The zero-order chi connectivity index (χ0) is 23.4. The van der Waals surface area contributed by atoms with Crippen molar-refractivity contribution in [3.8, 4) is 11.3 Å². The molecule has 3 rings (SSSR count). The van der Waals surface area contributed by atoms with E-state index in [-0.39, 0.29) is 25.6 Å². The van der Waals surface area contributed by atoms with Gasteiger partial charge in [-0.1, -0.05) is 19.6 Å². The fraction of sp³-hybridized carbons (Fsp3) is 0.571. The molecule has 7 nitrogen and oxygen atoms in total. The second-order valence-corrected chi connectivity index (χ2v) is 14.7. The van der Waals surface area contributed by atoms with Gasteiger partial charge in [-0.05, 0) is 24.6 Å². The van der Waals surface area contributed by atoms with Crippen LogP contribution in [0.25, 0.3) is 11.3 Å². The Balaban J connectivity index is 1.73. The van der Waals surface area contributed by atoms with Crippen LogP contribution in [0.1, 0.15) is 12.8 Å². The van der Waals surface area contributed by atoms with Crippen molar-refractivity contribution < 1.29 is 27.4 Å². The van der Waals surface area contributed by atoms with E-state index in [2.05, 4.69) is 29.7 Å². The number of carbonyl (C=O) groups excluding carboxylic acids is 1. The van der Waals surface area contributed by atoms with Crippen molar-refractivity contribution in [1.82, 2.24) is 14.8 Å². The van der Waals surface area contributed by atoms with Crippen LogP contribution in [0.5, 0.6) is 0 Å². The number of hydrogen-bond acceptors (Lipinski definition) is 5. The average Bonchev–Trinajstić information content (AvgIpc) is 3.13. The summed E-state index contributed by atoms with van der Waals surface area (Å²) in [5.41, 5.74) is 1.51. The fourth-order valence-electron chi connectivity index (χ4n) is 3.31. The number of ether oxygens (including phenoxy) is 2. The van der Waals surface area contributed by atoms with E-state index in [0.29, 0.717) is 24.5 Å². The van der Waals surface area contributed by atoms with Crippen LogP contribution >= 0.6 is 0 Å². The topological polar surface area (TPSA) is 69.5 Å². The first kappa shape index (κ1) is 24.4. The van der Waals surface area contributed by atoms with Gasteiger partial charge in [0.1, 0.15) is 19.2 Å². The highest BCUT2D eigenvalue weighted by Gasteiger charge is 2.34. The van der Waals surface area contributed by atoms with E-state index in [1.54, 1.807) is 28.0 Å². The molecule has 0 aliphatic carbocycles. The van der Waals surface area contributed by atoms with Crippen LogP contribution < -0.4 is 4.90 Å². The monoisotopic (exact) mass is 470 g/mol. The van der Waals surface area contributed by atoms with Crippen LogP contribution in [0.15, 0.2) is 30.6 Å². The maximum Gasteiger partial charge on any atom is 0.411 e. The second-order valence-electron chi connectivity index (χ2n) is 9.06. The third-order valence-electron chi connectivity index (χ3n) is 5.08. The molecule has 2 aromatic rings. The molecule has 0 saturated carbocycles. The number of halogens is 3. The molecule has 0 bridgehead atoms. The van der Waals surface area contributed by atoms with Crippen molar-refractivity contribution >= 4 is 19.8 Å². The molecule has 1 fully saturated rings. The van der Waals surface area contributed by atoms with Crippen molar-refractivity contribution in [2.24, 2.45) is 0 Å². The molecule has 1 atom stereocenters. The molecule has 1 saturated heterocycles. The number of pyridine rings is 1. The Morgan fingerprint density at radius 1 is 1.22 bits per heavy atom. The van der Waals surface area contributed by atoms with Crippen molar-refractivity contribution in [1.29, 1.82) is 0 Å². The van der Waals surface area contributed by atoms with Gasteiger partial charge in [-0.25, -0.2) is 4.68 Å². The van der Waals surface area contributed by atoms with E-state index in [9.17, 15) is 18.0 Å². The SMILES string of the molecule is C[Si](C)(C)CCOCn1nc(-c2ccncc2)cc1N1CCC(OCC(F)(F)F)CC1=O. The molecule has 32 heavy (non-hydrogen) atoms. The van der Waals surface area contributed by atoms with Crippen LogP contribution in [0.3, 0.4) is 0 Å². The summed E-state index contributed by atoms with van der Waals surface area (Å²) in [7, 11) is -1.25. The summed E-state index contributed by atoms with van der Waals surface area (Å²) < 4.78 is 49.7. The molecule has 0 N–H and O–H groups in total. The Kier molecular flexibility index (Phi) is 7.73. The van der Waals surface area contributed by atoms with Crippen LogP contribution in [-0.2, 0) is 21.0 Å².